The highest BCUT2D eigenvalue weighted by atomic mass is 19.4. The summed E-state index contributed by atoms with van der Waals surface area (Å²) in [6.45, 7) is 1.50. The predicted octanol–water partition coefficient (Wildman–Crippen LogP) is 3.23. The molecule has 2 aromatic rings. The summed E-state index contributed by atoms with van der Waals surface area (Å²) in [4.78, 5) is 27.5. The maximum absolute atomic E-state index is 12.7. The third-order valence-electron chi connectivity index (χ3n) is 3.14. The van der Waals surface area contributed by atoms with Crippen molar-refractivity contribution in [2.75, 3.05) is 5.32 Å². The third kappa shape index (κ3) is 5.69. The molecule has 1 aromatic carbocycles. The maximum atomic E-state index is 12.7. The standard InChI is InChI=1S/C17H15F3N4O2/c1-11(23-24-16(26)14-7-2-3-8-21-14)9-15(25)22-13-6-4-5-12(10-13)17(18,19)20/h2-8,10H,9H2,1H3,(H,22,25)(H,24,26)/b23-11-. The monoisotopic (exact) mass is 364 g/mol. The van der Waals surface area contributed by atoms with Crippen LogP contribution in [0.1, 0.15) is 29.4 Å². The largest absolute Gasteiger partial charge is 0.416 e. The number of anilines is 1. The Bertz CT molecular complexity index is 820. The van der Waals surface area contributed by atoms with Gasteiger partial charge in [-0.15, -0.1) is 0 Å². The Balaban J connectivity index is 1.92. The number of carbonyl (C=O) groups excluding carboxylic acids is 2. The van der Waals surface area contributed by atoms with Crippen molar-refractivity contribution in [3.63, 3.8) is 0 Å². The molecule has 0 unspecified atom stereocenters. The third-order valence-corrected chi connectivity index (χ3v) is 3.14. The van der Waals surface area contributed by atoms with Crippen LogP contribution in [0.25, 0.3) is 0 Å². The first-order valence-corrected chi connectivity index (χ1v) is 7.47. The highest BCUT2D eigenvalue weighted by Gasteiger charge is 2.30. The Hall–Kier alpha value is -3.23. The Morgan fingerprint density at radius 1 is 1.15 bits per heavy atom. The van der Waals surface area contributed by atoms with Crippen molar-refractivity contribution < 1.29 is 22.8 Å². The number of rotatable bonds is 5. The van der Waals surface area contributed by atoms with Gasteiger partial charge < -0.3 is 5.32 Å². The highest BCUT2D eigenvalue weighted by molar-refractivity contribution is 6.06. The normalized spacial score (nSPS) is 11.8. The first-order chi connectivity index (χ1) is 12.3. The Labute approximate surface area is 147 Å². The average molecular weight is 364 g/mol. The number of benzene rings is 1. The molecule has 26 heavy (non-hydrogen) atoms. The van der Waals surface area contributed by atoms with Gasteiger partial charge in [0.2, 0.25) is 5.91 Å². The second kappa shape index (κ2) is 8.24. The lowest BCUT2D eigenvalue weighted by Crippen LogP contribution is -2.22. The van der Waals surface area contributed by atoms with Gasteiger partial charge in [-0.1, -0.05) is 12.1 Å². The van der Waals surface area contributed by atoms with Gasteiger partial charge in [0.25, 0.3) is 5.91 Å². The molecule has 2 N–H and O–H groups in total. The first kappa shape index (κ1) is 19.1. The average Bonchev–Trinajstić information content (AvgIpc) is 2.60. The number of pyridine rings is 1. The van der Waals surface area contributed by atoms with Gasteiger partial charge in [0.1, 0.15) is 5.69 Å². The van der Waals surface area contributed by atoms with Gasteiger partial charge in [0.05, 0.1) is 12.0 Å². The molecule has 0 spiro atoms. The van der Waals surface area contributed by atoms with Gasteiger partial charge in [-0.05, 0) is 37.3 Å². The summed E-state index contributed by atoms with van der Waals surface area (Å²) in [7, 11) is 0. The molecule has 9 heteroatoms. The molecule has 0 atom stereocenters. The summed E-state index contributed by atoms with van der Waals surface area (Å²) in [5, 5.41) is 6.13. The zero-order chi connectivity index (χ0) is 19.2. The van der Waals surface area contributed by atoms with E-state index in [0.29, 0.717) is 0 Å². The number of hydrogen-bond acceptors (Lipinski definition) is 4. The second-order valence-electron chi connectivity index (χ2n) is 5.31. The van der Waals surface area contributed by atoms with E-state index >= 15 is 0 Å². The van der Waals surface area contributed by atoms with Crippen LogP contribution in [-0.2, 0) is 11.0 Å². The van der Waals surface area contributed by atoms with E-state index in [4.69, 9.17) is 0 Å². The lowest BCUT2D eigenvalue weighted by molar-refractivity contribution is -0.137. The molecule has 0 bridgehead atoms. The molecule has 1 heterocycles. The molecule has 0 aliphatic rings. The zero-order valence-corrected chi connectivity index (χ0v) is 13.7. The summed E-state index contributed by atoms with van der Waals surface area (Å²) in [5.41, 5.74) is 1.86. The van der Waals surface area contributed by atoms with Crippen LogP contribution in [0, 0.1) is 0 Å². The van der Waals surface area contributed by atoms with E-state index in [-0.39, 0.29) is 23.5 Å². The molecule has 0 aliphatic heterocycles. The lowest BCUT2D eigenvalue weighted by Gasteiger charge is -2.10. The SMILES string of the molecule is C/C(CC(=O)Nc1cccc(C(F)(F)F)c1)=N/NC(=O)c1ccccn1. The molecule has 0 fully saturated rings. The van der Waals surface area contributed by atoms with Gasteiger partial charge in [0.15, 0.2) is 0 Å². The molecule has 2 rings (SSSR count). The summed E-state index contributed by atoms with van der Waals surface area (Å²) in [6.07, 6.45) is -3.24. The van der Waals surface area contributed by atoms with E-state index < -0.39 is 23.6 Å². The van der Waals surface area contributed by atoms with Crippen molar-refractivity contribution in [1.29, 1.82) is 0 Å². The van der Waals surface area contributed by atoms with E-state index in [0.717, 1.165) is 12.1 Å². The molecule has 1 aromatic heterocycles. The van der Waals surface area contributed by atoms with Crippen molar-refractivity contribution in [3.8, 4) is 0 Å². The lowest BCUT2D eigenvalue weighted by atomic mass is 10.2. The number of carbonyl (C=O) groups is 2. The number of nitrogens with one attached hydrogen (secondary N) is 2. The van der Waals surface area contributed by atoms with Crippen LogP contribution in [0.5, 0.6) is 0 Å². The fourth-order valence-corrected chi connectivity index (χ4v) is 1.95. The van der Waals surface area contributed by atoms with E-state index in [2.05, 4.69) is 20.8 Å². The molecule has 136 valence electrons. The van der Waals surface area contributed by atoms with E-state index in [1.165, 1.54) is 31.3 Å². The van der Waals surface area contributed by atoms with Gasteiger partial charge >= 0.3 is 6.18 Å². The molecular formula is C17H15F3N4O2. The summed E-state index contributed by atoms with van der Waals surface area (Å²) < 4.78 is 38.0. The van der Waals surface area contributed by atoms with Crippen molar-refractivity contribution in [3.05, 3.63) is 59.9 Å². The number of aromatic nitrogens is 1. The molecular weight excluding hydrogens is 349 g/mol. The smallest absolute Gasteiger partial charge is 0.326 e. The molecule has 0 saturated heterocycles. The maximum Gasteiger partial charge on any atom is 0.416 e. The minimum absolute atomic E-state index is 0.0233. The van der Waals surface area contributed by atoms with Crippen LogP contribution in [0.3, 0.4) is 0 Å². The van der Waals surface area contributed by atoms with Crippen LogP contribution in [-0.4, -0.2) is 22.5 Å². The summed E-state index contributed by atoms with van der Waals surface area (Å²) in [6, 6.07) is 9.10. The molecule has 0 aliphatic carbocycles. The van der Waals surface area contributed by atoms with Crippen LogP contribution in [0.4, 0.5) is 18.9 Å². The van der Waals surface area contributed by atoms with Gasteiger partial charge in [-0.2, -0.15) is 18.3 Å². The number of hydrogen-bond donors (Lipinski definition) is 2. The van der Waals surface area contributed by atoms with Crippen molar-refractivity contribution in [2.45, 2.75) is 19.5 Å². The van der Waals surface area contributed by atoms with Crippen molar-refractivity contribution in [1.82, 2.24) is 10.4 Å². The Kier molecular flexibility index (Phi) is 6.05. The van der Waals surface area contributed by atoms with E-state index in [1.54, 1.807) is 12.1 Å². The minimum Gasteiger partial charge on any atom is -0.326 e. The zero-order valence-electron chi connectivity index (χ0n) is 13.7. The summed E-state index contributed by atoms with van der Waals surface area (Å²) in [5.74, 6) is -1.10. The minimum atomic E-state index is -4.49. The van der Waals surface area contributed by atoms with Crippen molar-refractivity contribution >= 4 is 23.2 Å². The van der Waals surface area contributed by atoms with E-state index in [1.807, 2.05) is 0 Å². The molecule has 0 saturated carbocycles. The Morgan fingerprint density at radius 2 is 1.92 bits per heavy atom. The topological polar surface area (TPSA) is 83.5 Å². The quantitative estimate of drug-likeness (QED) is 0.631. The molecule has 2 amide bonds. The second-order valence-corrected chi connectivity index (χ2v) is 5.31. The summed E-state index contributed by atoms with van der Waals surface area (Å²) >= 11 is 0. The van der Waals surface area contributed by atoms with Crippen LogP contribution in [0.2, 0.25) is 0 Å². The Morgan fingerprint density at radius 3 is 2.58 bits per heavy atom. The van der Waals surface area contributed by atoms with Crippen molar-refractivity contribution in [2.24, 2.45) is 5.10 Å². The fourth-order valence-electron chi connectivity index (χ4n) is 1.95. The number of alkyl halides is 3. The van der Waals surface area contributed by atoms with Gasteiger partial charge in [-0.3, -0.25) is 14.6 Å². The molecule has 6 nitrogen and oxygen atoms in total. The van der Waals surface area contributed by atoms with Crippen LogP contribution < -0.4 is 10.7 Å². The highest BCUT2D eigenvalue weighted by Crippen LogP contribution is 2.30. The molecule has 0 radical (unpaired) electrons. The number of nitrogens with zero attached hydrogens (tertiary/aromatic N) is 2. The fraction of sp³-hybridized carbons (Fsp3) is 0.176. The number of amides is 2. The van der Waals surface area contributed by atoms with E-state index in [9.17, 15) is 22.8 Å². The van der Waals surface area contributed by atoms with Crippen LogP contribution >= 0.6 is 0 Å². The van der Waals surface area contributed by atoms with Gasteiger partial charge in [0, 0.05) is 17.6 Å². The number of halogens is 3. The predicted molar refractivity (Wildman–Crippen MR) is 89.5 cm³/mol. The number of hydrazone groups is 1. The first-order valence-electron chi connectivity index (χ1n) is 7.47. The van der Waals surface area contributed by atoms with Crippen LogP contribution in [0.15, 0.2) is 53.8 Å². The van der Waals surface area contributed by atoms with Gasteiger partial charge in [-0.25, -0.2) is 5.43 Å².